The van der Waals surface area contributed by atoms with Gasteiger partial charge in [-0.15, -0.1) is 0 Å². The number of thioether (sulfide) groups is 1. The summed E-state index contributed by atoms with van der Waals surface area (Å²) in [5, 5.41) is 6.35. The first kappa shape index (κ1) is 13.5. The standard InChI is InChI=1S/C12H21N3O2S/c1-3-15(2)10(16)6-4-5-9-11-8(7-18-9)13-12(17)14-11/h8-9,11H,3-7H2,1-2H3,(H2,13,14,17)/t8-,9-,11?/m0/s1. The first-order valence-electron chi connectivity index (χ1n) is 6.54. The number of nitrogens with zero attached hydrogens (tertiary/aromatic N) is 1. The topological polar surface area (TPSA) is 61.4 Å². The summed E-state index contributed by atoms with van der Waals surface area (Å²) in [5.41, 5.74) is 0. The summed E-state index contributed by atoms with van der Waals surface area (Å²) in [4.78, 5) is 24.6. The zero-order chi connectivity index (χ0) is 13.1. The van der Waals surface area contributed by atoms with Crippen molar-refractivity contribution >= 4 is 23.7 Å². The highest BCUT2D eigenvalue weighted by Crippen LogP contribution is 2.33. The number of urea groups is 1. The molecule has 2 saturated heterocycles. The van der Waals surface area contributed by atoms with E-state index in [1.807, 2.05) is 25.7 Å². The summed E-state index contributed by atoms with van der Waals surface area (Å²) in [6, 6.07) is 0.486. The quantitative estimate of drug-likeness (QED) is 0.727. The SMILES string of the molecule is CCN(C)C(=O)CCC[C@@H]1SC[C@@H]2NC(=O)NC21. The van der Waals surface area contributed by atoms with Crippen molar-refractivity contribution in [3.05, 3.63) is 0 Å². The van der Waals surface area contributed by atoms with Crippen LogP contribution in [0.5, 0.6) is 0 Å². The molecule has 2 rings (SSSR count). The highest BCUT2D eigenvalue weighted by molar-refractivity contribution is 8.00. The average molecular weight is 271 g/mol. The minimum Gasteiger partial charge on any atom is -0.346 e. The van der Waals surface area contributed by atoms with Crippen LogP contribution in [-0.4, -0.2) is 53.5 Å². The Labute approximate surface area is 112 Å². The number of amides is 3. The van der Waals surface area contributed by atoms with Crippen molar-refractivity contribution in [1.29, 1.82) is 0 Å². The number of hydrogen-bond donors (Lipinski definition) is 2. The van der Waals surface area contributed by atoms with Crippen LogP contribution in [-0.2, 0) is 4.79 Å². The van der Waals surface area contributed by atoms with Crippen molar-refractivity contribution in [2.24, 2.45) is 0 Å². The predicted molar refractivity (Wildman–Crippen MR) is 72.7 cm³/mol. The molecule has 2 heterocycles. The minimum absolute atomic E-state index is 0.0444. The van der Waals surface area contributed by atoms with Crippen molar-refractivity contribution in [1.82, 2.24) is 15.5 Å². The highest BCUT2D eigenvalue weighted by Gasteiger charge is 2.42. The normalized spacial score (nSPS) is 29.7. The van der Waals surface area contributed by atoms with Gasteiger partial charge in [-0.1, -0.05) is 0 Å². The zero-order valence-electron chi connectivity index (χ0n) is 10.9. The van der Waals surface area contributed by atoms with Gasteiger partial charge in [-0.2, -0.15) is 11.8 Å². The third kappa shape index (κ3) is 2.91. The van der Waals surface area contributed by atoms with Gasteiger partial charge in [0, 0.05) is 31.0 Å². The van der Waals surface area contributed by atoms with Crippen LogP contribution in [0.1, 0.15) is 26.2 Å². The predicted octanol–water partition coefficient (Wildman–Crippen LogP) is 0.800. The molecule has 1 unspecified atom stereocenters. The molecule has 6 heteroatoms. The molecule has 5 nitrogen and oxygen atoms in total. The molecule has 3 amide bonds. The van der Waals surface area contributed by atoms with Gasteiger partial charge < -0.3 is 15.5 Å². The van der Waals surface area contributed by atoms with Crippen LogP contribution in [0.3, 0.4) is 0 Å². The smallest absolute Gasteiger partial charge is 0.315 e. The van der Waals surface area contributed by atoms with Crippen LogP contribution in [0.2, 0.25) is 0 Å². The Hall–Kier alpha value is -0.910. The monoisotopic (exact) mass is 271 g/mol. The number of rotatable bonds is 5. The molecule has 0 saturated carbocycles. The van der Waals surface area contributed by atoms with E-state index < -0.39 is 0 Å². The Morgan fingerprint density at radius 1 is 1.50 bits per heavy atom. The average Bonchev–Trinajstić information content (AvgIpc) is 2.88. The number of fused-ring (bicyclic) bond motifs is 1. The Balaban J connectivity index is 1.71. The molecule has 2 N–H and O–H groups in total. The maximum Gasteiger partial charge on any atom is 0.315 e. The number of nitrogens with one attached hydrogen (secondary N) is 2. The Morgan fingerprint density at radius 3 is 3.00 bits per heavy atom. The van der Waals surface area contributed by atoms with Crippen molar-refractivity contribution in [3.8, 4) is 0 Å². The molecule has 2 fully saturated rings. The minimum atomic E-state index is -0.0444. The van der Waals surface area contributed by atoms with E-state index in [-0.39, 0.29) is 24.0 Å². The number of hydrogen-bond acceptors (Lipinski definition) is 3. The van der Waals surface area contributed by atoms with Gasteiger partial charge >= 0.3 is 6.03 Å². The molecule has 2 aliphatic heterocycles. The van der Waals surface area contributed by atoms with Gasteiger partial charge in [0.2, 0.25) is 5.91 Å². The second kappa shape index (κ2) is 5.82. The number of carbonyl (C=O) groups is 2. The Kier molecular flexibility index (Phi) is 4.37. The molecule has 18 heavy (non-hydrogen) atoms. The molecule has 0 aliphatic carbocycles. The highest BCUT2D eigenvalue weighted by atomic mass is 32.2. The van der Waals surface area contributed by atoms with Gasteiger partial charge in [0.05, 0.1) is 12.1 Å². The van der Waals surface area contributed by atoms with Gasteiger partial charge in [0.15, 0.2) is 0 Å². The maximum atomic E-state index is 11.7. The van der Waals surface area contributed by atoms with Crippen LogP contribution < -0.4 is 10.6 Å². The van der Waals surface area contributed by atoms with Gasteiger partial charge in [0.1, 0.15) is 0 Å². The van der Waals surface area contributed by atoms with E-state index >= 15 is 0 Å². The lowest BCUT2D eigenvalue weighted by Gasteiger charge is -2.18. The summed E-state index contributed by atoms with van der Waals surface area (Å²) < 4.78 is 0. The molecule has 3 atom stereocenters. The zero-order valence-corrected chi connectivity index (χ0v) is 11.8. The molecular formula is C12H21N3O2S. The van der Waals surface area contributed by atoms with Crippen LogP contribution in [0.4, 0.5) is 4.79 Å². The molecule has 2 aliphatic rings. The first-order valence-corrected chi connectivity index (χ1v) is 7.59. The van der Waals surface area contributed by atoms with E-state index in [1.54, 1.807) is 4.90 Å². The Morgan fingerprint density at radius 2 is 2.28 bits per heavy atom. The van der Waals surface area contributed by atoms with E-state index in [4.69, 9.17) is 0 Å². The van der Waals surface area contributed by atoms with Gasteiger partial charge in [-0.05, 0) is 19.8 Å². The fourth-order valence-corrected chi connectivity index (χ4v) is 4.01. The third-order valence-corrected chi connectivity index (χ3v) is 5.23. The van der Waals surface area contributed by atoms with Gasteiger partial charge in [-0.3, -0.25) is 4.79 Å². The molecule has 0 aromatic rings. The first-order chi connectivity index (χ1) is 8.61. The lowest BCUT2D eigenvalue weighted by Crippen LogP contribution is -2.37. The van der Waals surface area contributed by atoms with Crippen molar-refractivity contribution < 1.29 is 9.59 Å². The molecule has 0 radical (unpaired) electrons. The molecule has 0 aromatic heterocycles. The second-order valence-corrected chi connectivity index (χ2v) is 6.19. The van der Waals surface area contributed by atoms with Crippen LogP contribution in [0.25, 0.3) is 0 Å². The van der Waals surface area contributed by atoms with E-state index in [2.05, 4.69) is 10.6 Å². The maximum absolute atomic E-state index is 11.7. The van der Waals surface area contributed by atoms with Crippen LogP contribution >= 0.6 is 11.8 Å². The Bertz CT molecular complexity index is 337. The van der Waals surface area contributed by atoms with Gasteiger partial charge in [-0.25, -0.2) is 4.79 Å². The van der Waals surface area contributed by atoms with E-state index in [0.29, 0.717) is 11.7 Å². The third-order valence-electron chi connectivity index (χ3n) is 3.72. The fourth-order valence-electron chi connectivity index (χ4n) is 2.46. The summed E-state index contributed by atoms with van der Waals surface area (Å²) in [6.45, 7) is 2.75. The molecule has 0 spiro atoms. The second-order valence-electron chi connectivity index (χ2n) is 4.92. The largest absolute Gasteiger partial charge is 0.346 e. The van der Waals surface area contributed by atoms with E-state index in [0.717, 1.165) is 25.1 Å². The molecule has 102 valence electrons. The van der Waals surface area contributed by atoms with E-state index in [9.17, 15) is 9.59 Å². The summed E-state index contributed by atoms with van der Waals surface area (Å²) in [6.07, 6.45) is 2.51. The summed E-state index contributed by atoms with van der Waals surface area (Å²) in [7, 11) is 1.84. The van der Waals surface area contributed by atoms with Crippen molar-refractivity contribution in [3.63, 3.8) is 0 Å². The van der Waals surface area contributed by atoms with Crippen LogP contribution in [0.15, 0.2) is 0 Å². The summed E-state index contributed by atoms with van der Waals surface area (Å²) >= 11 is 1.90. The van der Waals surface area contributed by atoms with Gasteiger partial charge in [0.25, 0.3) is 0 Å². The molecule has 0 aromatic carbocycles. The summed E-state index contributed by atoms with van der Waals surface area (Å²) in [5.74, 6) is 1.20. The lowest BCUT2D eigenvalue weighted by atomic mass is 10.0. The van der Waals surface area contributed by atoms with Crippen LogP contribution in [0, 0.1) is 0 Å². The van der Waals surface area contributed by atoms with Crippen molar-refractivity contribution in [2.75, 3.05) is 19.3 Å². The molecular weight excluding hydrogens is 250 g/mol. The van der Waals surface area contributed by atoms with E-state index in [1.165, 1.54) is 0 Å². The fraction of sp³-hybridized carbons (Fsp3) is 0.833. The molecule has 0 bridgehead atoms. The number of carbonyl (C=O) groups excluding carboxylic acids is 2. The van der Waals surface area contributed by atoms with Crippen molar-refractivity contribution in [2.45, 2.75) is 43.5 Å². The lowest BCUT2D eigenvalue weighted by molar-refractivity contribution is -0.129.